The Kier molecular flexibility index (Phi) is 9.04. The van der Waals surface area contributed by atoms with Crippen molar-refractivity contribution in [2.75, 3.05) is 49.1 Å². The summed E-state index contributed by atoms with van der Waals surface area (Å²) in [5.74, 6) is 0.145. The number of hydrogen-bond acceptors (Lipinski definition) is 4. The summed E-state index contributed by atoms with van der Waals surface area (Å²) in [6.07, 6.45) is -3.86. The summed E-state index contributed by atoms with van der Waals surface area (Å²) in [5.41, 5.74) is 9.16. The molecule has 0 spiro atoms. The number of nitrogens with two attached hydrogens (primary N) is 1. The molecular formula is C33H38ClF3N4O. The number of piperazine rings is 1. The minimum absolute atomic E-state index is 0.0172. The zero-order chi connectivity index (χ0) is 30.0. The van der Waals surface area contributed by atoms with Gasteiger partial charge >= 0.3 is 6.18 Å². The van der Waals surface area contributed by atoms with Crippen LogP contribution < -0.4 is 15.5 Å². The maximum atomic E-state index is 14.0. The highest BCUT2D eigenvalue weighted by atomic mass is 35.5. The SMILES string of the molecule is CC(C)C[C@H](N)c1cc(C(F)(F)F)ccc1N1CCN(C(=O)[C@H]2CN(c3ccccc3)C[C@@H]2c2ccc(Cl)cc2)CC1. The number of hydrogen-bond donors (Lipinski definition) is 1. The lowest BCUT2D eigenvalue weighted by molar-refractivity contribution is -0.138. The van der Waals surface area contributed by atoms with E-state index in [-0.39, 0.29) is 23.7 Å². The van der Waals surface area contributed by atoms with Crippen LogP contribution in [0.5, 0.6) is 0 Å². The minimum atomic E-state index is -4.44. The first-order valence-electron chi connectivity index (χ1n) is 14.6. The smallest absolute Gasteiger partial charge is 0.370 e. The molecule has 3 atom stereocenters. The molecule has 0 aliphatic carbocycles. The molecule has 9 heteroatoms. The number of halogens is 4. The quantitative estimate of drug-likeness (QED) is 0.319. The third kappa shape index (κ3) is 6.70. The molecule has 2 aliphatic rings. The lowest BCUT2D eigenvalue weighted by Gasteiger charge is -2.39. The van der Waals surface area contributed by atoms with Crippen molar-refractivity contribution in [3.05, 3.63) is 94.5 Å². The fraction of sp³-hybridized carbons (Fsp3) is 0.424. The first kappa shape index (κ1) is 30.2. The van der Waals surface area contributed by atoms with E-state index in [1.165, 1.54) is 6.07 Å². The van der Waals surface area contributed by atoms with Crippen LogP contribution in [-0.4, -0.2) is 50.1 Å². The fourth-order valence-corrected chi connectivity index (χ4v) is 6.43. The van der Waals surface area contributed by atoms with Crippen molar-refractivity contribution >= 4 is 28.9 Å². The first-order chi connectivity index (χ1) is 20.0. The van der Waals surface area contributed by atoms with E-state index in [0.717, 1.165) is 29.5 Å². The Bertz CT molecular complexity index is 1360. The molecule has 2 heterocycles. The summed E-state index contributed by atoms with van der Waals surface area (Å²) in [6.45, 7) is 7.40. The normalized spacial score (nSPS) is 20.3. The number of nitrogens with zero attached hydrogens (tertiary/aromatic N) is 3. The van der Waals surface area contributed by atoms with Gasteiger partial charge in [-0.15, -0.1) is 0 Å². The van der Waals surface area contributed by atoms with Gasteiger partial charge in [0, 0.05) is 67.6 Å². The average molecular weight is 599 g/mol. The second-order valence-electron chi connectivity index (χ2n) is 11.8. The zero-order valence-corrected chi connectivity index (χ0v) is 24.8. The molecule has 3 aromatic rings. The Morgan fingerprint density at radius 1 is 0.929 bits per heavy atom. The Hall–Kier alpha value is -3.23. The van der Waals surface area contributed by atoms with E-state index in [1.807, 2.05) is 61.2 Å². The van der Waals surface area contributed by atoms with Crippen LogP contribution in [0.1, 0.15) is 48.9 Å². The predicted octanol–water partition coefficient (Wildman–Crippen LogP) is 6.97. The number of para-hydroxylation sites is 1. The van der Waals surface area contributed by atoms with Crippen molar-refractivity contribution in [2.45, 2.75) is 38.4 Å². The van der Waals surface area contributed by atoms with Gasteiger partial charge in [0.25, 0.3) is 0 Å². The van der Waals surface area contributed by atoms with Gasteiger partial charge in [-0.3, -0.25) is 4.79 Å². The van der Waals surface area contributed by atoms with Crippen molar-refractivity contribution < 1.29 is 18.0 Å². The second kappa shape index (κ2) is 12.6. The molecule has 0 bridgehead atoms. The standard InChI is InChI=1S/C33H38ClF3N4O/c1-22(2)18-30(38)27-19-24(33(35,36)37)10-13-31(27)39-14-16-40(17-15-39)32(42)29-21-41(26-6-4-3-5-7-26)20-28(29)23-8-11-25(34)12-9-23/h3-13,19,22,28-30H,14-18,20-21,38H2,1-2H3/t28-,29+,30+/m1/s1. The molecule has 0 unspecified atom stereocenters. The van der Waals surface area contributed by atoms with E-state index in [2.05, 4.69) is 21.9 Å². The summed E-state index contributed by atoms with van der Waals surface area (Å²) in [5, 5.41) is 0.659. The number of alkyl halides is 3. The van der Waals surface area contributed by atoms with Gasteiger partial charge in [0.15, 0.2) is 0 Å². The summed E-state index contributed by atoms with van der Waals surface area (Å²) in [7, 11) is 0. The van der Waals surface area contributed by atoms with Crippen LogP contribution >= 0.6 is 11.6 Å². The molecule has 0 saturated carbocycles. The Morgan fingerprint density at radius 3 is 2.21 bits per heavy atom. The second-order valence-corrected chi connectivity index (χ2v) is 12.3. The summed E-state index contributed by atoms with van der Waals surface area (Å²) < 4.78 is 40.7. The number of carbonyl (C=O) groups is 1. The summed E-state index contributed by atoms with van der Waals surface area (Å²) >= 11 is 6.16. The lowest BCUT2D eigenvalue weighted by atomic mass is 9.88. The van der Waals surface area contributed by atoms with Crippen LogP contribution in [0, 0.1) is 11.8 Å². The van der Waals surface area contributed by atoms with Crippen LogP contribution in [0.2, 0.25) is 5.02 Å². The molecule has 2 N–H and O–H groups in total. The van der Waals surface area contributed by atoms with Crippen LogP contribution in [-0.2, 0) is 11.0 Å². The van der Waals surface area contributed by atoms with Crippen LogP contribution in [0.4, 0.5) is 24.5 Å². The Labute approximate surface area is 251 Å². The molecule has 42 heavy (non-hydrogen) atoms. The van der Waals surface area contributed by atoms with Gasteiger partial charge in [0.05, 0.1) is 11.5 Å². The van der Waals surface area contributed by atoms with E-state index < -0.39 is 17.8 Å². The third-order valence-corrected chi connectivity index (χ3v) is 8.72. The van der Waals surface area contributed by atoms with Crippen LogP contribution in [0.15, 0.2) is 72.8 Å². The zero-order valence-electron chi connectivity index (χ0n) is 24.0. The Balaban J connectivity index is 1.34. The van der Waals surface area contributed by atoms with Gasteiger partial charge in [-0.1, -0.05) is 55.8 Å². The highest BCUT2D eigenvalue weighted by Crippen LogP contribution is 2.39. The molecule has 224 valence electrons. The van der Waals surface area contributed by atoms with E-state index in [1.54, 1.807) is 6.07 Å². The van der Waals surface area contributed by atoms with Gasteiger partial charge in [-0.2, -0.15) is 13.2 Å². The number of anilines is 2. The van der Waals surface area contributed by atoms with Gasteiger partial charge < -0.3 is 20.4 Å². The summed E-state index contributed by atoms with van der Waals surface area (Å²) in [4.78, 5) is 20.3. The predicted molar refractivity (Wildman–Crippen MR) is 163 cm³/mol. The number of rotatable bonds is 7. The molecule has 0 radical (unpaired) electrons. The summed E-state index contributed by atoms with van der Waals surface area (Å²) in [6, 6.07) is 21.2. The number of amides is 1. The van der Waals surface area contributed by atoms with Crippen molar-refractivity contribution in [1.82, 2.24) is 4.90 Å². The highest BCUT2D eigenvalue weighted by Gasteiger charge is 2.41. The van der Waals surface area contributed by atoms with Crippen molar-refractivity contribution in [3.8, 4) is 0 Å². The van der Waals surface area contributed by atoms with E-state index in [0.29, 0.717) is 49.7 Å². The molecule has 5 nitrogen and oxygen atoms in total. The van der Waals surface area contributed by atoms with Gasteiger partial charge in [-0.25, -0.2) is 0 Å². The molecular weight excluding hydrogens is 561 g/mol. The molecule has 3 aromatic carbocycles. The maximum Gasteiger partial charge on any atom is 0.416 e. The molecule has 1 amide bonds. The lowest BCUT2D eigenvalue weighted by Crippen LogP contribution is -2.51. The van der Waals surface area contributed by atoms with E-state index >= 15 is 0 Å². The van der Waals surface area contributed by atoms with Crippen molar-refractivity contribution in [2.24, 2.45) is 17.6 Å². The van der Waals surface area contributed by atoms with Crippen molar-refractivity contribution in [3.63, 3.8) is 0 Å². The van der Waals surface area contributed by atoms with Gasteiger partial charge in [0.2, 0.25) is 5.91 Å². The molecule has 0 aromatic heterocycles. The molecule has 2 aliphatic heterocycles. The largest absolute Gasteiger partial charge is 0.416 e. The third-order valence-electron chi connectivity index (χ3n) is 8.47. The van der Waals surface area contributed by atoms with Crippen LogP contribution in [0.3, 0.4) is 0 Å². The fourth-order valence-electron chi connectivity index (χ4n) is 6.30. The minimum Gasteiger partial charge on any atom is -0.370 e. The monoisotopic (exact) mass is 598 g/mol. The van der Waals surface area contributed by atoms with Crippen LogP contribution in [0.25, 0.3) is 0 Å². The number of carbonyl (C=O) groups excluding carboxylic acids is 1. The average Bonchev–Trinajstić information content (AvgIpc) is 3.42. The van der Waals surface area contributed by atoms with Gasteiger partial charge in [-0.05, 0) is 65.9 Å². The highest BCUT2D eigenvalue weighted by molar-refractivity contribution is 6.30. The van der Waals surface area contributed by atoms with E-state index in [4.69, 9.17) is 17.3 Å². The number of benzene rings is 3. The van der Waals surface area contributed by atoms with E-state index in [9.17, 15) is 18.0 Å². The molecule has 2 fully saturated rings. The molecule has 5 rings (SSSR count). The Morgan fingerprint density at radius 2 is 1.60 bits per heavy atom. The van der Waals surface area contributed by atoms with Gasteiger partial charge in [0.1, 0.15) is 0 Å². The first-order valence-corrected chi connectivity index (χ1v) is 14.9. The molecule has 2 saturated heterocycles. The topological polar surface area (TPSA) is 52.8 Å². The maximum absolute atomic E-state index is 14.0. The van der Waals surface area contributed by atoms with Crippen molar-refractivity contribution in [1.29, 1.82) is 0 Å².